The summed E-state index contributed by atoms with van der Waals surface area (Å²) in [5.74, 6) is 1.86. The normalized spacial score (nSPS) is 16.4. The maximum atomic E-state index is 12.2. The Morgan fingerprint density at radius 1 is 1.30 bits per heavy atom. The lowest BCUT2D eigenvalue weighted by molar-refractivity contribution is -0.149. The van der Waals surface area contributed by atoms with Crippen molar-refractivity contribution in [2.45, 2.75) is 25.5 Å². The molecular formula is C19H30IN3O3S. The predicted octanol–water partition coefficient (Wildman–Crippen LogP) is 2.40. The highest BCUT2D eigenvalue weighted by atomic mass is 127. The third-order valence-corrected chi connectivity index (χ3v) is 5.72. The maximum absolute atomic E-state index is 12.2. The lowest BCUT2D eigenvalue weighted by Gasteiger charge is -2.33. The molecule has 0 saturated carbocycles. The van der Waals surface area contributed by atoms with Crippen molar-refractivity contribution in [3.8, 4) is 0 Å². The molecule has 1 heterocycles. The first-order valence-corrected chi connectivity index (χ1v) is 10.6. The van der Waals surface area contributed by atoms with Crippen LogP contribution in [0.3, 0.4) is 0 Å². The van der Waals surface area contributed by atoms with Crippen LogP contribution in [0.5, 0.6) is 0 Å². The Balaban J connectivity index is 0.00000364. The van der Waals surface area contributed by atoms with Gasteiger partial charge in [0.25, 0.3) is 0 Å². The first kappa shape index (κ1) is 23.9. The summed E-state index contributed by atoms with van der Waals surface area (Å²) in [5.41, 5.74) is 1.09. The van der Waals surface area contributed by atoms with E-state index in [0.29, 0.717) is 24.7 Å². The van der Waals surface area contributed by atoms with Crippen molar-refractivity contribution < 1.29 is 13.7 Å². The molecule has 1 atom stereocenters. The third kappa shape index (κ3) is 8.16. The molecule has 0 bridgehead atoms. The van der Waals surface area contributed by atoms with Crippen molar-refractivity contribution in [2.75, 3.05) is 39.0 Å². The van der Waals surface area contributed by atoms with Gasteiger partial charge in [0, 0.05) is 49.0 Å². The van der Waals surface area contributed by atoms with Gasteiger partial charge in [-0.2, -0.15) is 0 Å². The summed E-state index contributed by atoms with van der Waals surface area (Å²) >= 11 is 0. The van der Waals surface area contributed by atoms with Crippen molar-refractivity contribution in [1.29, 1.82) is 0 Å². The Hall–Kier alpha value is -1.16. The van der Waals surface area contributed by atoms with Crippen LogP contribution >= 0.6 is 24.0 Å². The Bertz CT molecular complexity index is 620. The molecular weight excluding hydrogens is 477 g/mol. The number of halogens is 1. The summed E-state index contributed by atoms with van der Waals surface area (Å²) in [6.45, 7) is 4.43. The summed E-state index contributed by atoms with van der Waals surface area (Å²) in [6, 6.07) is 9.89. The molecule has 1 saturated heterocycles. The molecule has 1 N–H and O–H groups in total. The molecule has 1 unspecified atom stereocenters. The van der Waals surface area contributed by atoms with E-state index in [1.807, 2.05) is 37.3 Å². The lowest BCUT2D eigenvalue weighted by atomic mass is 9.97. The maximum Gasteiger partial charge on any atom is 0.309 e. The Kier molecular flexibility index (Phi) is 11.6. The van der Waals surface area contributed by atoms with Crippen LogP contribution in [0.25, 0.3) is 0 Å². The van der Waals surface area contributed by atoms with Crippen molar-refractivity contribution >= 4 is 46.7 Å². The number of piperidine rings is 1. The molecule has 2 rings (SSSR count). The minimum absolute atomic E-state index is 0. The molecule has 0 amide bonds. The van der Waals surface area contributed by atoms with E-state index in [2.05, 4.69) is 15.2 Å². The van der Waals surface area contributed by atoms with Gasteiger partial charge in [-0.25, -0.2) is 0 Å². The number of likely N-dealkylation sites (tertiary alicyclic amines) is 1. The molecule has 0 aliphatic carbocycles. The predicted molar refractivity (Wildman–Crippen MR) is 121 cm³/mol. The molecule has 1 aromatic carbocycles. The number of hydrogen-bond donors (Lipinski definition) is 1. The largest absolute Gasteiger partial charge is 0.466 e. The molecule has 1 aromatic rings. The fourth-order valence-electron chi connectivity index (χ4n) is 3.03. The number of nitrogens with zero attached hydrogens (tertiary/aromatic N) is 2. The highest BCUT2D eigenvalue weighted by molar-refractivity contribution is 14.0. The molecule has 6 nitrogen and oxygen atoms in total. The topological polar surface area (TPSA) is 71.0 Å². The van der Waals surface area contributed by atoms with Gasteiger partial charge in [-0.3, -0.25) is 14.0 Å². The number of carbonyl (C=O) groups is 1. The monoisotopic (exact) mass is 507 g/mol. The number of rotatable bonds is 7. The summed E-state index contributed by atoms with van der Waals surface area (Å²) in [5, 5.41) is 3.29. The Morgan fingerprint density at radius 2 is 1.96 bits per heavy atom. The molecule has 152 valence electrons. The van der Waals surface area contributed by atoms with E-state index < -0.39 is 10.8 Å². The summed E-state index contributed by atoms with van der Waals surface area (Å²) in [7, 11) is 0.845. The number of hydrogen-bond acceptors (Lipinski definition) is 4. The average Bonchev–Trinajstić information content (AvgIpc) is 2.66. The number of guanidine groups is 1. The van der Waals surface area contributed by atoms with Crippen LogP contribution in [-0.4, -0.2) is 60.1 Å². The van der Waals surface area contributed by atoms with Crippen LogP contribution < -0.4 is 5.32 Å². The van der Waals surface area contributed by atoms with Crippen LogP contribution in [0.15, 0.2) is 35.3 Å². The van der Waals surface area contributed by atoms with Crippen LogP contribution in [0.4, 0.5) is 0 Å². The standard InChI is InChI=1S/C19H29N3O3S.HI/c1-3-25-18(23)17-9-12-22(13-10-17)19(20-2)21-11-14-26(24)15-16-7-5-4-6-8-16;/h4-8,17H,3,9-15H2,1-2H3,(H,20,21);1H. The Labute approximate surface area is 181 Å². The van der Waals surface area contributed by atoms with Gasteiger partial charge in [0.05, 0.1) is 12.5 Å². The molecule has 27 heavy (non-hydrogen) atoms. The van der Waals surface area contributed by atoms with Crippen LogP contribution in [-0.2, 0) is 26.1 Å². The summed E-state index contributed by atoms with van der Waals surface area (Å²) in [6.07, 6.45) is 1.55. The number of benzene rings is 1. The zero-order valence-corrected chi connectivity index (χ0v) is 19.2. The van der Waals surface area contributed by atoms with Crippen molar-refractivity contribution in [1.82, 2.24) is 10.2 Å². The van der Waals surface area contributed by atoms with Gasteiger partial charge < -0.3 is 15.0 Å². The lowest BCUT2D eigenvalue weighted by Crippen LogP contribution is -2.47. The van der Waals surface area contributed by atoms with Crippen LogP contribution in [0.2, 0.25) is 0 Å². The van der Waals surface area contributed by atoms with E-state index in [0.717, 1.165) is 37.5 Å². The van der Waals surface area contributed by atoms with E-state index in [1.165, 1.54) is 0 Å². The summed E-state index contributed by atoms with van der Waals surface area (Å²) < 4.78 is 17.3. The number of nitrogens with one attached hydrogen (secondary N) is 1. The second-order valence-corrected chi connectivity index (χ2v) is 7.84. The van der Waals surface area contributed by atoms with E-state index in [1.54, 1.807) is 7.05 Å². The van der Waals surface area contributed by atoms with E-state index in [4.69, 9.17) is 4.74 Å². The molecule has 8 heteroatoms. The minimum Gasteiger partial charge on any atom is -0.466 e. The van der Waals surface area contributed by atoms with Gasteiger partial charge in [0.1, 0.15) is 0 Å². The van der Waals surface area contributed by atoms with Crippen molar-refractivity contribution in [2.24, 2.45) is 10.9 Å². The van der Waals surface area contributed by atoms with Crippen molar-refractivity contribution in [3.63, 3.8) is 0 Å². The quantitative estimate of drug-likeness (QED) is 0.266. The van der Waals surface area contributed by atoms with Crippen LogP contribution in [0, 0.1) is 5.92 Å². The Morgan fingerprint density at radius 3 is 2.56 bits per heavy atom. The molecule has 1 aliphatic heterocycles. The first-order valence-electron chi connectivity index (χ1n) is 9.15. The van der Waals surface area contributed by atoms with E-state index in [-0.39, 0.29) is 35.9 Å². The zero-order valence-electron chi connectivity index (χ0n) is 16.1. The van der Waals surface area contributed by atoms with Gasteiger partial charge >= 0.3 is 5.97 Å². The molecule has 1 fully saturated rings. The number of carbonyl (C=O) groups excluding carboxylic acids is 1. The second-order valence-electron chi connectivity index (χ2n) is 6.26. The number of ether oxygens (including phenoxy) is 1. The zero-order chi connectivity index (χ0) is 18.8. The highest BCUT2D eigenvalue weighted by Gasteiger charge is 2.27. The average molecular weight is 507 g/mol. The molecule has 1 aliphatic rings. The number of aliphatic imine (C=N–C) groups is 1. The first-order chi connectivity index (χ1) is 12.6. The molecule has 0 aromatic heterocycles. The SMILES string of the molecule is CCOC(=O)C1CCN(C(=NC)NCCS(=O)Cc2ccccc2)CC1.I. The molecule has 0 spiro atoms. The minimum atomic E-state index is -0.906. The fraction of sp³-hybridized carbons (Fsp3) is 0.579. The van der Waals surface area contributed by atoms with Crippen LogP contribution in [0.1, 0.15) is 25.3 Å². The fourth-order valence-corrected chi connectivity index (χ4v) is 4.07. The van der Waals surface area contributed by atoms with Crippen molar-refractivity contribution in [3.05, 3.63) is 35.9 Å². The summed E-state index contributed by atoms with van der Waals surface area (Å²) in [4.78, 5) is 18.3. The smallest absolute Gasteiger partial charge is 0.309 e. The number of esters is 1. The van der Waals surface area contributed by atoms with E-state index >= 15 is 0 Å². The second kappa shape index (κ2) is 13.1. The van der Waals surface area contributed by atoms with Gasteiger partial charge in [0.2, 0.25) is 0 Å². The van der Waals surface area contributed by atoms with Gasteiger partial charge in [-0.15, -0.1) is 24.0 Å². The molecule has 0 radical (unpaired) electrons. The van der Waals surface area contributed by atoms with Gasteiger partial charge in [-0.1, -0.05) is 30.3 Å². The highest BCUT2D eigenvalue weighted by Crippen LogP contribution is 2.18. The van der Waals surface area contributed by atoms with Gasteiger partial charge in [0.15, 0.2) is 5.96 Å². The van der Waals surface area contributed by atoms with E-state index in [9.17, 15) is 9.00 Å². The third-order valence-electron chi connectivity index (χ3n) is 4.41. The van der Waals surface area contributed by atoms with Gasteiger partial charge in [-0.05, 0) is 25.3 Å².